The Morgan fingerprint density at radius 1 is 0.966 bits per heavy atom. The number of aromatic hydroxyl groups is 1. The summed E-state index contributed by atoms with van der Waals surface area (Å²) in [5.74, 6) is 0.862. The fourth-order valence-corrected chi connectivity index (χ4v) is 4.35. The highest BCUT2D eigenvalue weighted by atomic mass is 16.6. The Kier molecular flexibility index (Phi) is 3.65. The molecule has 3 aromatic carbocycles. The molecule has 3 aromatic rings. The molecular formula is C24H21NO4. The molecular weight excluding hydrogens is 366 g/mol. The summed E-state index contributed by atoms with van der Waals surface area (Å²) in [5, 5.41) is 13.6. The van der Waals surface area contributed by atoms with Crippen LogP contribution in [0.5, 0.6) is 17.2 Å². The number of phenolic OH excluding ortho intramolecular Hbond substituents is 1. The fraction of sp³-hybridized carbons (Fsp3) is 0.208. The number of hydrogen-bond donors (Lipinski definition) is 2. The topological polar surface area (TPSA) is 67.8 Å². The normalized spacial score (nSPS) is 18.5. The van der Waals surface area contributed by atoms with E-state index in [-0.39, 0.29) is 11.7 Å². The van der Waals surface area contributed by atoms with Gasteiger partial charge in [-0.2, -0.15) is 0 Å². The van der Waals surface area contributed by atoms with E-state index in [0.29, 0.717) is 28.2 Å². The van der Waals surface area contributed by atoms with Gasteiger partial charge in [0.25, 0.3) is 0 Å². The highest BCUT2D eigenvalue weighted by Gasteiger charge is 2.53. The molecule has 0 aromatic heterocycles. The van der Waals surface area contributed by atoms with Crippen molar-refractivity contribution in [2.24, 2.45) is 0 Å². The summed E-state index contributed by atoms with van der Waals surface area (Å²) in [4.78, 5) is 12.8. The van der Waals surface area contributed by atoms with Crippen LogP contribution in [0.2, 0.25) is 0 Å². The van der Waals surface area contributed by atoms with Gasteiger partial charge in [0.2, 0.25) is 0 Å². The fourth-order valence-electron chi connectivity index (χ4n) is 4.35. The lowest BCUT2D eigenvalue weighted by Crippen LogP contribution is -2.33. The minimum absolute atomic E-state index is 0.138. The van der Waals surface area contributed by atoms with Crippen LogP contribution in [0.15, 0.2) is 48.5 Å². The Labute approximate surface area is 168 Å². The zero-order valence-corrected chi connectivity index (χ0v) is 16.5. The number of carbonyl (C=O) groups excluding carboxylic acids is 1. The number of anilines is 1. The summed E-state index contributed by atoms with van der Waals surface area (Å²) in [7, 11) is 0. The van der Waals surface area contributed by atoms with Crippen LogP contribution in [0.1, 0.15) is 45.1 Å². The summed E-state index contributed by atoms with van der Waals surface area (Å²) in [6.07, 6.45) is 0. The van der Waals surface area contributed by atoms with E-state index in [4.69, 9.17) is 9.47 Å². The number of rotatable bonds is 2. The largest absolute Gasteiger partial charge is 0.508 e. The number of hydrogen-bond acceptors (Lipinski definition) is 5. The summed E-state index contributed by atoms with van der Waals surface area (Å²) in [6, 6.07) is 14.8. The Balaban J connectivity index is 1.88. The summed E-state index contributed by atoms with van der Waals surface area (Å²) >= 11 is 0. The summed E-state index contributed by atoms with van der Waals surface area (Å²) in [6.45, 7) is 6.65. The number of phenols is 1. The molecule has 2 N–H and O–H groups in total. The molecule has 1 unspecified atom stereocenters. The smallest absolute Gasteiger partial charge is 0.340 e. The van der Waals surface area contributed by atoms with Gasteiger partial charge in [-0.05, 0) is 50.1 Å². The van der Waals surface area contributed by atoms with Crippen molar-refractivity contribution in [3.63, 3.8) is 0 Å². The van der Waals surface area contributed by atoms with Crippen LogP contribution < -0.4 is 10.1 Å². The molecule has 5 nitrogen and oxygen atoms in total. The van der Waals surface area contributed by atoms with Crippen molar-refractivity contribution in [3.05, 3.63) is 81.9 Å². The van der Waals surface area contributed by atoms with Gasteiger partial charge in [0, 0.05) is 41.1 Å². The van der Waals surface area contributed by atoms with Gasteiger partial charge in [0.1, 0.15) is 17.2 Å². The van der Waals surface area contributed by atoms with Crippen LogP contribution in [-0.2, 0) is 10.3 Å². The summed E-state index contributed by atoms with van der Waals surface area (Å²) < 4.78 is 12.3. The molecule has 0 saturated carbocycles. The maximum Gasteiger partial charge on any atom is 0.340 e. The van der Waals surface area contributed by atoms with Crippen LogP contribution in [0.25, 0.3) is 0 Å². The lowest BCUT2D eigenvalue weighted by atomic mass is 9.76. The molecule has 2 aliphatic heterocycles. The molecule has 0 amide bonds. The van der Waals surface area contributed by atoms with E-state index in [1.165, 1.54) is 0 Å². The highest BCUT2D eigenvalue weighted by Crippen LogP contribution is 2.57. The second kappa shape index (κ2) is 6.01. The molecule has 0 bridgehead atoms. The van der Waals surface area contributed by atoms with Gasteiger partial charge in [-0.25, -0.2) is 4.79 Å². The lowest BCUT2D eigenvalue weighted by molar-refractivity contribution is 0.0224. The number of aryl methyl sites for hydroxylation is 2. The molecule has 146 valence electrons. The number of carbonyl (C=O) groups is 1. The van der Waals surface area contributed by atoms with Crippen molar-refractivity contribution in [2.45, 2.75) is 26.4 Å². The predicted molar refractivity (Wildman–Crippen MR) is 110 cm³/mol. The van der Waals surface area contributed by atoms with Crippen LogP contribution in [-0.4, -0.2) is 17.6 Å². The van der Waals surface area contributed by atoms with E-state index in [1.807, 2.05) is 57.2 Å². The second-order valence-corrected chi connectivity index (χ2v) is 7.55. The van der Waals surface area contributed by atoms with E-state index in [9.17, 15) is 9.90 Å². The Hall–Kier alpha value is -3.47. The number of ether oxygens (including phenoxy) is 2. The van der Waals surface area contributed by atoms with Gasteiger partial charge in [-0.15, -0.1) is 0 Å². The number of fused-ring (bicyclic) bond motifs is 6. The molecule has 0 aliphatic carbocycles. The van der Waals surface area contributed by atoms with Crippen LogP contribution in [0, 0.1) is 13.8 Å². The molecule has 2 aliphatic rings. The first-order valence-electron chi connectivity index (χ1n) is 9.69. The van der Waals surface area contributed by atoms with Crippen molar-refractivity contribution in [2.75, 3.05) is 11.9 Å². The summed E-state index contributed by atoms with van der Waals surface area (Å²) in [5.41, 5.74) is 4.41. The lowest BCUT2D eigenvalue weighted by Gasteiger charge is -2.37. The van der Waals surface area contributed by atoms with Crippen LogP contribution >= 0.6 is 0 Å². The molecule has 29 heavy (non-hydrogen) atoms. The quantitative estimate of drug-likeness (QED) is 0.605. The average Bonchev–Trinajstić information content (AvgIpc) is 2.99. The van der Waals surface area contributed by atoms with E-state index in [0.717, 1.165) is 28.9 Å². The molecule has 0 saturated heterocycles. The van der Waals surface area contributed by atoms with Gasteiger partial charge >= 0.3 is 5.97 Å². The minimum Gasteiger partial charge on any atom is -0.508 e. The van der Waals surface area contributed by atoms with Crippen molar-refractivity contribution in [1.29, 1.82) is 0 Å². The van der Waals surface area contributed by atoms with Crippen molar-refractivity contribution in [3.8, 4) is 17.2 Å². The number of nitrogens with one attached hydrogen (secondary N) is 1. The van der Waals surface area contributed by atoms with Crippen molar-refractivity contribution in [1.82, 2.24) is 0 Å². The van der Waals surface area contributed by atoms with E-state index < -0.39 is 5.60 Å². The second-order valence-electron chi connectivity index (χ2n) is 7.55. The standard InChI is InChI=1S/C24H21NO4/c1-4-25-19-11-21-17(9-13(19)2)24(16-8-6-5-7-15(16)23(27)29-24)18-10-14(3)20(26)12-22(18)28-21/h5-12,25-26H,4H2,1-3H3. The van der Waals surface area contributed by atoms with Crippen molar-refractivity contribution < 1.29 is 19.4 Å². The zero-order chi connectivity index (χ0) is 20.3. The first-order valence-corrected chi connectivity index (χ1v) is 9.69. The average molecular weight is 387 g/mol. The molecule has 5 heteroatoms. The van der Waals surface area contributed by atoms with Crippen LogP contribution in [0.3, 0.4) is 0 Å². The Morgan fingerprint density at radius 3 is 2.41 bits per heavy atom. The molecule has 1 spiro atoms. The van der Waals surface area contributed by atoms with Crippen LogP contribution in [0.4, 0.5) is 5.69 Å². The third-order valence-corrected chi connectivity index (χ3v) is 5.74. The molecule has 5 rings (SSSR count). The molecule has 1 atom stereocenters. The van der Waals surface area contributed by atoms with Gasteiger partial charge in [-0.1, -0.05) is 18.2 Å². The van der Waals surface area contributed by atoms with Gasteiger partial charge in [0.15, 0.2) is 5.60 Å². The first-order chi connectivity index (χ1) is 14.0. The minimum atomic E-state index is -1.11. The van der Waals surface area contributed by atoms with E-state index in [1.54, 1.807) is 12.1 Å². The first kappa shape index (κ1) is 17.6. The van der Waals surface area contributed by atoms with Gasteiger partial charge in [0.05, 0.1) is 5.56 Å². The number of esters is 1. The molecule has 2 heterocycles. The van der Waals surface area contributed by atoms with E-state index >= 15 is 0 Å². The van der Waals surface area contributed by atoms with Gasteiger partial charge < -0.3 is 19.9 Å². The maximum atomic E-state index is 12.8. The van der Waals surface area contributed by atoms with Gasteiger partial charge in [-0.3, -0.25) is 0 Å². The third-order valence-electron chi connectivity index (χ3n) is 5.74. The zero-order valence-electron chi connectivity index (χ0n) is 16.5. The highest BCUT2D eigenvalue weighted by molar-refractivity contribution is 5.97. The molecule has 0 radical (unpaired) electrons. The predicted octanol–water partition coefficient (Wildman–Crippen LogP) is 5.01. The Morgan fingerprint density at radius 2 is 1.66 bits per heavy atom. The van der Waals surface area contributed by atoms with Crippen molar-refractivity contribution >= 4 is 11.7 Å². The van der Waals surface area contributed by atoms with E-state index in [2.05, 4.69) is 5.32 Å². The third kappa shape index (κ3) is 2.30. The maximum absolute atomic E-state index is 12.8. The Bertz CT molecular complexity index is 1180. The molecule has 0 fully saturated rings. The SMILES string of the molecule is CCNc1cc2c(cc1C)C1(OC(=O)c3ccccc31)c1cc(C)c(O)cc1O2. The monoisotopic (exact) mass is 387 g/mol. The number of benzene rings is 3.